The van der Waals surface area contributed by atoms with Crippen molar-refractivity contribution in [1.82, 2.24) is 0 Å². The molecule has 0 unspecified atom stereocenters. The molecule has 2 aromatic rings. The van der Waals surface area contributed by atoms with Crippen LogP contribution in [0.25, 0.3) is 0 Å². The lowest BCUT2D eigenvalue weighted by molar-refractivity contribution is 0.112. The molecule has 5 heteroatoms. The molecule has 18 heavy (non-hydrogen) atoms. The van der Waals surface area contributed by atoms with Crippen LogP contribution in [0.5, 0.6) is 0 Å². The van der Waals surface area contributed by atoms with Gasteiger partial charge in [-0.25, -0.2) is 0 Å². The molecule has 0 amide bonds. The number of carbonyl (C=O) groups excluding carboxylic acids is 1. The van der Waals surface area contributed by atoms with E-state index in [0.717, 1.165) is 26.8 Å². The third-order valence-electron chi connectivity index (χ3n) is 2.56. The predicted molar refractivity (Wildman–Crippen MR) is 83.7 cm³/mol. The first-order valence-corrected chi connectivity index (χ1v) is 7.75. The molecule has 1 heterocycles. The molecule has 2 nitrogen and oxygen atoms in total. The summed E-state index contributed by atoms with van der Waals surface area (Å²) >= 11 is 8.65. The number of rotatable bonds is 4. The highest BCUT2D eigenvalue weighted by Crippen LogP contribution is 2.28. The smallest absolute Gasteiger partial charge is 0.150 e. The van der Waals surface area contributed by atoms with Crippen LogP contribution in [0.2, 0.25) is 0 Å². The zero-order valence-electron chi connectivity index (χ0n) is 9.69. The minimum atomic E-state index is 0.678. The number of thiophene rings is 1. The van der Waals surface area contributed by atoms with Crippen molar-refractivity contribution >= 4 is 55.2 Å². The summed E-state index contributed by atoms with van der Waals surface area (Å²) in [5, 5.41) is 2.13. The molecule has 1 aromatic heterocycles. The maximum Gasteiger partial charge on any atom is 0.150 e. The van der Waals surface area contributed by atoms with Gasteiger partial charge in [0.05, 0.1) is 9.47 Å². The Morgan fingerprint density at radius 1 is 1.33 bits per heavy atom. The summed E-state index contributed by atoms with van der Waals surface area (Å²) in [7, 11) is 2.03. The normalized spacial score (nSPS) is 10.4. The van der Waals surface area contributed by atoms with Gasteiger partial charge in [0.15, 0.2) is 0 Å². The Morgan fingerprint density at radius 2 is 2.11 bits per heavy atom. The predicted octanol–water partition coefficient (Wildman–Crippen LogP) is 4.72. The van der Waals surface area contributed by atoms with E-state index in [1.54, 1.807) is 11.3 Å². The first kappa shape index (κ1) is 13.8. The molecule has 0 saturated heterocycles. The first-order chi connectivity index (χ1) is 8.60. The van der Waals surface area contributed by atoms with Crippen LogP contribution >= 0.6 is 43.2 Å². The molecule has 0 aliphatic heterocycles. The Balaban J connectivity index is 2.18. The molecule has 0 radical (unpaired) electrons. The number of anilines is 1. The van der Waals surface area contributed by atoms with Crippen molar-refractivity contribution in [2.75, 3.05) is 11.9 Å². The fourth-order valence-electron chi connectivity index (χ4n) is 1.69. The zero-order chi connectivity index (χ0) is 13.1. The fourth-order valence-corrected chi connectivity index (χ4v) is 3.59. The molecule has 0 atom stereocenters. The number of aldehydes is 1. The second kappa shape index (κ2) is 5.99. The molecule has 2 rings (SSSR count). The number of hydrogen-bond donors (Lipinski definition) is 0. The van der Waals surface area contributed by atoms with E-state index in [4.69, 9.17) is 0 Å². The van der Waals surface area contributed by atoms with Crippen LogP contribution in [0.1, 0.15) is 15.9 Å². The molecule has 1 aromatic carbocycles. The lowest BCUT2D eigenvalue weighted by Gasteiger charge is -2.20. The van der Waals surface area contributed by atoms with Crippen molar-refractivity contribution in [2.24, 2.45) is 0 Å². The third-order valence-corrected chi connectivity index (χ3v) is 4.75. The maximum atomic E-state index is 10.7. The number of nitrogens with zero attached hydrogens (tertiary/aromatic N) is 1. The Hall–Kier alpha value is -0.650. The minimum Gasteiger partial charge on any atom is -0.369 e. The van der Waals surface area contributed by atoms with Crippen LogP contribution in [0, 0.1) is 0 Å². The van der Waals surface area contributed by atoms with Crippen molar-refractivity contribution in [3.63, 3.8) is 0 Å². The molecular formula is C13H11Br2NOS. The van der Waals surface area contributed by atoms with Gasteiger partial charge in [0.2, 0.25) is 0 Å². The van der Waals surface area contributed by atoms with E-state index in [-0.39, 0.29) is 0 Å². The van der Waals surface area contributed by atoms with Crippen LogP contribution < -0.4 is 4.90 Å². The third kappa shape index (κ3) is 3.22. The monoisotopic (exact) mass is 387 g/mol. The van der Waals surface area contributed by atoms with E-state index < -0.39 is 0 Å². The standard InChI is InChI=1S/C13H11Br2NOS/c1-16(6-10-5-13(15)18-8-10)12-3-2-9(7-17)4-11(12)14/h2-5,7-8H,6H2,1H3. The maximum absolute atomic E-state index is 10.7. The molecule has 0 saturated carbocycles. The van der Waals surface area contributed by atoms with Gasteiger partial charge in [0.1, 0.15) is 6.29 Å². The van der Waals surface area contributed by atoms with E-state index in [9.17, 15) is 4.79 Å². The van der Waals surface area contributed by atoms with Gasteiger partial charge < -0.3 is 4.90 Å². The van der Waals surface area contributed by atoms with Gasteiger partial charge in [-0.2, -0.15) is 0 Å². The second-order valence-electron chi connectivity index (χ2n) is 3.94. The van der Waals surface area contributed by atoms with Crippen LogP contribution in [0.4, 0.5) is 5.69 Å². The Kier molecular flexibility index (Phi) is 4.59. The van der Waals surface area contributed by atoms with E-state index in [0.29, 0.717) is 5.56 Å². The highest BCUT2D eigenvalue weighted by molar-refractivity contribution is 9.11. The Morgan fingerprint density at radius 3 is 2.67 bits per heavy atom. The highest BCUT2D eigenvalue weighted by atomic mass is 79.9. The Bertz CT molecular complexity index is 568. The van der Waals surface area contributed by atoms with Gasteiger partial charge in [-0.05, 0) is 67.1 Å². The largest absolute Gasteiger partial charge is 0.369 e. The van der Waals surface area contributed by atoms with E-state index in [1.165, 1.54) is 5.56 Å². The van der Waals surface area contributed by atoms with Crippen molar-refractivity contribution in [3.05, 3.63) is 49.0 Å². The first-order valence-electron chi connectivity index (χ1n) is 5.29. The molecular weight excluding hydrogens is 378 g/mol. The van der Waals surface area contributed by atoms with Gasteiger partial charge in [-0.3, -0.25) is 4.79 Å². The summed E-state index contributed by atoms with van der Waals surface area (Å²) in [5.41, 5.74) is 3.01. The van der Waals surface area contributed by atoms with Crippen molar-refractivity contribution in [1.29, 1.82) is 0 Å². The van der Waals surface area contributed by atoms with Gasteiger partial charge in [-0.1, -0.05) is 0 Å². The van der Waals surface area contributed by atoms with E-state index in [2.05, 4.69) is 48.2 Å². The van der Waals surface area contributed by atoms with Crippen molar-refractivity contribution in [2.45, 2.75) is 6.54 Å². The fraction of sp³-hybridized carbons (Fsp3) is 0.154. The van der Waals surface area contributed by atoms with Crippen LogP contribution in [-0.4, -0.2) is 13.3 Å². The van der Waals surface area contributed by atoms with Crippen LogP contribution in [0.3, 0.4) is 0 Å². The summed E-state index contributed by atoms with van der Waals surface area (Å²) < 4.78 is 2.07. The molecule has 0 fully saturated rings. The van der Waals surface area contributed by atoms with Crippen molar-refractivity contribution in [3.8, 4) is 0 Å². The quantitative estimate of drug-likeness (QED) is 0.706. The van der Waals surface area contributed by atoms with Gasteiger partial charge >= 0.3 is 0 Å². The average Bonchev–Trinajstić information content (AvgIpc) is 2.74. The second-order valence-corrected chi connectivity index (χ2v) is 7.09. The summed E-state index contributed by atoms with van der Waals surface area (Å²) in [6.07, 6.45) is 0.852. The SMILES string of the molecule is CN(Cc1csc(Br)c1)c1ccc(C=O)cc1Br. The molecule has 0 aliphatic carbocycles. The summed E-state index contributed by atoms with van der Waals surface area (Å²) in [4.78, 5) is 12.8. The molecule has 0 aliphatic rings. The van der Waals surface area contributed by atoms with Gasteiger partial charge in [0.25, 0.3) is 0 Å². The van der Waals surface area contributed by atoms with Crippen LogP contribution in [-0.2, 0) is 6.54 Å². The van der Waals surface area contributed by atoms with Crippen LogP contribution in [0.15, 0.2) is 37.9 Å². The number of halogens is 2. The van der Waals surface area contributed by atoms with Gasteiger partial charge in [-0.15, -0.1) is 11.3 Å². The molecule has 0 bridgehead atoms. The zero-order valence-corrected chi connectivity index (χ0v) is 13.7. The number of carbonyl (C=O) groups is 1. The van der Waals surface area contributed by atoms with Gasteiger partial charge in [0, 0.05) is 23.6 Å². The number of hydrogen-bond acceptors (Lipinski definition) is 3. The average molecular weight is 389 g/mol. The van der Waals surface area contributed by atoms with E-state index >= 15 is 0 Å². The topological polar surface area (TPSA) is 20.3 Å². The van der Waals surface area contributed by atoms with E-state index in [1.807, 2.05) is 25.2 Å². The summed E-state index contributed by atoms with van der Waals surface area (Å²) in [5.74, 6) is 0. The summed E-state index contributed by atoms with van der Waals surface area (Å²) in [6, 6.07) is 7.74. The Labute approximate surface area is 127 Å². The number of benzene rings is 1. The lowest BCUT2D eigenvalue weighted by atomic mass is 10.2. The molecule has 94 valence electrons. The summed E-state index contributed by atoms with van der Waals surface area (Å²) in [6.45, 7) is 0.834. The highest BCUT2D eigenvalue weighted by Gasteiger charge is 2.08. The molecule has 0 spiro atoms. The minimum absolute atomic E-state index is 0.678. The lowest BCUT2D eigenvalue weighted by Crippen LogP contribution is -2.16. The molecule has 0 N–H and O–H groups in total. The van der Waals surface area contributed by atoms with Crippen molar-refractivity contribution < 1.29 is 4.79 Å².